The van der Waals surface area contributed by atoms with E-state index in [0.717, 1.165) is 141 Å². The summed E-state index contributed by atoms with van der Waals surface area (Å²) in [6.45, 7) is 6.44. The van der Waals surface area contributed by atoms with Gasteiger partial charge in [-0.3, -0.25) is 14.4 Å². The molecule has 0 aromatic rings. The van der Waals surface area contributed by atoms with Crippen molar-refractivity contribution in [2.24, 2.45) is 0 Å². The largest absolute Gasteiger partial charge is 0.462 e. The SMILES string of the molecule is CC/C=C\C/C=C\C/C=C\C/C=C\C/C=C\C/C=C\C/C=C\C/C=C\C/C=C\CCCCCC(=O)OCC(COC(=O)CCCCCCC/C=C\CCC)OC(=O)CCCCCCCCCCCCCCCCCCC. The molecule has 0 saturated heterocycles. The van der Waals surface area contributed by atoms with Crippen molar-refractivity contribution in [2.45, 2.75) is 290 Å². The minimum absolute atomic E-state index is 0.0930. The minimum atomic E-state index is -0.796. The highest BCUT2D eigenvalue weighted by Crippen LogP contribution is 2.16. The molecule has 1 atom stereocenters. The Hall–Kier alpha value is -4.19. The number of ether oxygens (including phenoxy) is 3. The molecular formula is C70H116O6. The molecule has 0 aromatic heterocycles. The second kappa shape index (κ2) is 63.3. The standard InChI is InChI=1S/C70H116O6/c1-4-7-10-13-16-19-22-24-26-28-29-30-31-32-33-34-35-36-37-38-39-40-41-43-44-46-48-51-54-57-60-63-69(72)75-66-67(65-74-68(71)62-59-56-53-50-21-18-15-12-9-6-3)76-70(73)64-61-58-55-52-49-47-45-42-27-25-23-20-17-14-11-8-5-2/h7,10,12,15-16,19,24,26,29-30,32-33,35-36,38-39,41,43,46,48,67H,4-6,8-9,11,13-14,17-18,20-23,25,27-28,31,34,37,40,42,44-45,47,49-66H2,1-3H3/b10-7-,15-12-,19-16-,26-24-,30-29-,33-32-,36-35-,39-38-,43-41-,48-46-. The zero-order valence-electron chi connectivity index (χ0n) is 49.5. The van der Waals surface area contributed by atoms with Crippen LogP contribution in [0.3, 0.4) is 0 Å². The van der Waals surface area contributed by atoms with Crippen molar-refractivity contribution in [3.05, 3.63) is 122 Å². The molecule has 0 bridgehead atoms. The summed E-state index contributed by atoms with van der Waals surface area (Å²) in [6.07, 6.45) is 87.8. The Balaban J connectivity index is 4.32. The first-order valence-corrected chi connectivity index (χ1v) is 31.5. The van der Waals surface area contributed by atoms with Crippen molar-refractivity contribution in [3.63, 3.8) is 0 Å². The Morgan fingerprint density at radius 3 is 0.882 bits per heavy atom. The van der Waals surface area contributed by atoms with Crippen molar-refractivity contribution in [1.82, 2.24) is 0 Å². The van der Waals surface area contributed by atoms with Gasteiger partial charge in [-0.2, -0.15) is 0 Å². The Bertz CT molecular complexity index is 1590. The first-order chi connectivity index (χ1) is 37.5. The molecule has 6 nitrogen and oxygen atoms in total. The van der Waals surface area contributed by atoms with Crippen molar-refractivity contribution >= 4 is 17.9 Å². The van der Waals surface area contributed by atoms with Gasteiger partial charge in [-0.15, -0.1) is 0 Å². The fraction of sp³-hybridized carbons (Fsp3) is 0.671. The van der Waals surface area contributed by atoms with E-state index in [1.165, 1.54) is 103 Å². The van der Waals surface area contributed by atoms with E-state index in [9.17, 15) is 14.4 Å². The number of carbonyl (C=O) groups is 3. The molecule has 0 aromatic carbocycles. The van der Waals surface area contributed by atoms with E-state index in [-0.39, 0.29) is 31.1 Å². The number of hydrogen-bond acceptors (Lipinski definition) is 6. The molecule has 0 rings (SSSR count). The lowest BCUT2D eigenvalue weighted by Gasteiger charge is -2.18. The Morgan fingerprint density at radius 1 is 0.276 bits per heavy atom. The minimum Gasteiger partial charge on any atom is -0.462 e. The maximum absolute atomic E-state index is 12.9. The zero-order chi connectivity index (χ0) is 55.0. The number of unbranched alkanes of at least 4 members (excludes halogenated alkanes) is 25. The van der Waals surface area contributed by atoms with Gasteiger partial charge in [0.1, 0.15) is 13.2 Å². The summed E-state index contributed by atoms with van der Waals surface area (Å²) in [7, 11) is 0. The van der Waals surface area contributed by atoms with Gasteiger partial charge in [0.15, 0.2) is 6.10 Å². The van der Waals surface area contributed by atoms with Crippen LogP contribution in [0.2, 0.25) is 0 Å². The van der Waals surface area contributed by atoms with E-state index >= 15 is 0 Å². The molecule has 0 N–H and O–H groups in total. The van der Waals surface area contributed by atoms with E-state index in [2.05, 4.69) is 142 Å². The predicted octanol–water partition coefficient (Wildman–Crippen LogP) is 21.6. The van der Waals surface area contributed by atoms with Crippen LogP contribution < -0.4 is 0 Å². The van der Waals surface area contributed by atoms with Crippen molar-refractivity contribution < 1.29 is 28.6 Å². The highest BCUT2D eigenvalue weighted by atomic mass is 16.6. The average molecular weight is 1050 g/mol. The van der Waals surface area contributed by atoms with Crippen LogP contribution in [0.4, 0.5) is 0 Å². The van der Waals surface area contributed by atoms with Crippen molar-refractivity contribution in [2.75, 3.05) is 13.2 Å². The number of allylic oxidation sites excluding steroid dienone is 20. The van der Waals surface area contributed by atoms with Gasteiger partial charge < -0.3 is 14.2 Å². The molecule has 0 aliphatic carbocycles. The second-order valence-corrected chi connectivity index (χ2v) is 20.6. The van der Waals surface area contributed by atoms with Crippen molar-refractivity contribution in [3.8, 4) is 0 Å². The lowest BCUT2D eigenvalue weighted by molar-refractivity contribution is -0.167. The third-order valence-electron chi connectivity index (χ3n) is 13.2. The molecule has 0 saturated carbocycles. The Morgan fingerprint density at radius 2 is 0.539 bits per heavy atom. The predicted molar refractivity (Wildman–Crippen MR) is 330 cm³/mol. The lowest BCUT2D eigenvalue weighted by Crippen LogP contribution is -2.30. The van der Waals surface area contributed by atoms with E-state index in [1.54, 1.807) is 0 Å². The zero-order valence-corrected chi connectivity index (χ0v) is 49.5. The summed E-state index contributed by atoms with van der Waals surface area (Å²) in [6, 6.07) is 0. The molecular weight excluding hydrogens is 937 g/mol. The van der Waals surface area contributed by atoms with Gasteiger partial charge in [-0.05, 0) is 109 Å². The molecule has 0 amide bonds. The van der Waals surface area contributed by atoms with Crippen LogP contribution in [0.25, 0.3) is 0 Å². The van der Waals surface area contributed by atoms with Crippen molar-refractivity contribution in [1.29, 1.82) is 0 Å². The monoisotopic (exact) mass is 1050 g/mol. The summed E-state index contributed by atoms with van der Waals surface area (Å²) in [4.78, 5) is 38.2. The molecule has 76 heavy (non-hydrogen) atoms. The molecule has 0 fully saturated rings. The molecule has 0 aliphatic heterocycles. The number of hydrogen-bond donors (Lipinski definition) is 0. The molecule has 0 radical (unpaired) electrons. The summed E-state index contributed by atoms with van der Waals surface area (Å²) in [5.74, 6) is -0.933. The molecule has 1 unspecified atom stereocenters. The summed E-state index contributed by atoms with van der Waals surface area (Å²) in [5.41, 5.74) is 0. The topological polar surface area (TPSA) is 78.9 Å². The van der Waals surface area contributed by atoms with Gasteiger partial charge in [0.2, 0.25) is 0 Å². The summed E-state index contributed by atoms with van der Waals surface area (Å²) < 4.78 is 16.8. The van der Waals surface area contributed by atoms with Crippen LogP contribution in [-0.2, 0) is 28.6 Å². The Kier molecular flexibility index (Phi) is 59.9. The summed E-state index contributed by atoms with van der Waals surface area (Å²) >= 11 is 0. The van der Waals surface area contributed by atoms with Gasteiger partial charge in [-0.25, -0.2) is 0 Å². The van der Waals surface area contributed by atoms with E-state index in [4.69, 9.17) is 14.2 Å². The molecule has 0 heterocycles. The summed E-state index contributed by atoms with van der Waals surface area (Å²) in [5, 5.41) is 0. The van der Waals surface area contributed by atoms with Crippen LogP contribution in [0.15, 0.2) is 122 Å². The number of carbonyl (C=O) groups excluding carboxylic acids is 3. The molecule has 432 valence electrons. The first kappa shape index (κ1) is 71.8. The number of rotatable bonds is 56. The Labute approximate surface area is 469 Å². The fourth-order valence-corrected chi connectivity index (χ4v) is 8.50. The van der Waals surface area contributed by atoms with Gasteiger partial charge in [0.25, 0.3) is 0 Å². The molecule has 0 spiro atoms. The van der Waals surface area contributed by atoms with E-state index in [1.807, 2.05) is 0 Å². The van der Waals surface area contributed by atoms with Crippen LogP contribution in [0.5, 0.6) is 0 Å². The van der Waals surface area contributed by atoms with Gasteiger partial charge in [0, 0.05) is 19.3 Å². The molecule has 0 aliphatic rings. The van der Waals surface area contributed by atoms with Gasteiger partial charge in [0.05, 0.1) is 0 Å². The first-order valence-electron chi connectivity index (χ1n) is 31.5. The quantitative estimate of drug-likeness (QED) is 0.0261. The van der Waals surface area contributed by atoms with Crippen LogP contribution in [-0.4, -0.2) is 37.2 Å². The van der Waals surface area contributed by atoms with Crippen LogP contribution >= 0.6 is 0 Å². The third-order valence-corrected chi connectivity index (χ3v) is 13.2. The highest BCUT2D eigenvalue weighted by Gasteiger charge is 2.19. The third kappa shape index (κ3) is 60.7. The fourth-order valence-electron chi connectivity index (χ4n) is 8.50. The second-order valence-electron chi connectivity index (χ2n) is 20.6. The van der Waals surface area contributed by atoms with Crippen LogP contribution in [0, 0.1) is 0 Å². The average Bonchev–Trinajstić information content (AvgIpc) is 3.42. The van der Waals surface area contributed by atoms with Gasteiger partial charge >= 0.3 is 17.9 Å². The van der Waals surface area contributed by atoms with Gasteiger partial charge in [-0.1, -0.05) is 277 Å². The maximum Gasteiger partial charge on any atom is 0.306 e. The highest BCUT2D eigenvalue weighted by molar-refractivity contribution is 5.71. The van der Waals surface area contributed by atoms with Crippen LogP contribution in [0.1, 0.15) is 284 Å². The van der Waals surface area contributed by atoms with E-state index in [0.29, 0.717) is 19.3 Å². The maximum atomic E-state index is 12.9. The lowest BCUT2D eigenvalue weighted by atomic mass is 10.0. The molecule has 6 heteroatoms. The smallest absolute Gasteiger partial charge is 0.306 e. The van der Waals surface area contributed by atoms with E-state index < -0.39 is 6.10 Å². The normalized spacial score (nSPS) is 12.9. The number of esters is 3.